The lowest BCUT2D eigenvalue weighted by Crippen LogP contribution is -2.39. The lowest BCUT2D eigenvalue weighted by atomic mass is 9.91. The summed E-state index contributed by atoms with van der Waals surface area (Å²) in [5, 5.41) is 0.176. The van der Waals surface area contributed by atoms with Gasteiger partial charge < -0.3 is 4.57 Å². The molecule has 25 heavy (non-hydrogen) atoms. The summed E-state index contributed by atoms with van der Waals surface area (Å²) in [5.41, 5.74) is 1.33. The Morgan fingerprint density at radius 2 is 1.84 bits per heavy atom. The van der Waals surface area contributed by atoms with Crippen molar-refractivity contribution in [3.05, 3.63) is 48.4 Å². The van der Waals surface area contributed by atoms with Crippen LogP contribution in [-0.4, -0.2) is 35.4 Å². The second-order valence-corrected chi connectivity index (χ2v) is 9.22. The number of sulfonamides is 1. The molecule has 0 spiro atoms. The molecular weight excluding hydrogens is 334 g/mol. The number of nitrogens with zero attached hydrogens (tertiary/aromatic N) is 3. The molecule has 0 aliphatic carbocycles. The van der Waals surface area contributed by atoms with Crippen molar-refractivity contribution in [2.45, 2.75) is 44.7 Å². The average Bonchev–Trinajstić information content (AvgIpc) is 3.05. The van der Waals surface area contributed by atoms with E-state index in [1.165, 1.54) is 5.56 Å². The minimum atomic E-state index is -3.47. The Balaban J connectivity index is 1.60. The molecule has 2 aromatic rings. The van der Waals surface area contributed by atoms with Crippen LogP contribution in [0.1, 0.15) is 32.3 Å². The van der Waals surface area contributed by atoms with Gasteiger partial charge in [0.15, 0.2) is 5.03 Å². The van der Waals surface area contributed by atoms with Gasteiger partial charge in [-0.05, 0) is 36.7 Å². The Morgan fingerprint density at radius 3 is 2.48 bits per heavy atom. The third-order valence-corrected chi connectivity index (χ3v) is 6.51. The van der Waals surface area contributed by atoms with Crippen LogP contribution >= 0.6 is 0 Å². The van der Waals surface area contributed by atoms with Gasteiger partial charge in [0.1, 0.15) is 0 Å². The van der Waals surface area contributed by atoms with Crippen LogP contribution in [0.25, 0.3) is 0 Å². The summed E-state index contributed by atoms with van der Waals surface area (Å²) in [5.74, 6) is 1.01. The molecular formula is C19H27N3O2S. The van der Waals surface area contributed by atoms with Crippen molar-refractivity contribution >= 4 is 10.0 Å². The van der Waals surface area contributed by atoms with Crippen molar-refractivity contribution in [1.82, 2.24) is 13.9 Å². The van der Waals surface area contributed by atoms with E-state index in [0.717, 1.165) is 25.8 Å². The summed E-state index contributed by atoms with van der Waals surface area (Å²) in [4.78, 5) is 4.14. The van der Waals surface area contributed by atoms with Gasteiger partial charge in [0.25, 0.3) is 10.0 Å². The highest BCUT2D eigenvalue weighted by Gasteiger charge is 2.31. The molecule has 0 atom stereocenters. The fraction of sp³-hybridized carbons (Fsp3) is 0.526. The van der Waals surface area contributed by atoms with Crippen molar-refractivity contribution in [3.63, 3.8) is 0 Å². The zero-order valence-electron chi connectivity index (χ0n) is 15.0. The molecule has 0 radical (unpaired) electrons. The summed E-state index contributed by atoms with van der Waals surface area (Å²) in [7, 11) is -3.47. The van der Waals surface area contributed by atoms with Crippen LogP contribution in [0.5, 0.6) is 0 Å². The normalized spacial score (nSPS) is 17.2. The molecule has 0 bridgehead atoms. The molecule has 1 saturated heterocycles. The fourth-order valence-corrected chi connectivity index (χ4v) is 4.83. The summed E-state index contributed by atoms with van der Waals surface area (Å²) in [6.07, 6.45) is 6.11. The van der Waals surface area contributed by atoms with E-state index in [1.54, 1.807) is 16.8 Å². The first kappa shape index (κ1) is 18.1. The molecule has 1 fully saturated rings. The maximum absolute atomic E-state index is 12.8. The van der Waals surface area contributed by atoms with Crippen molar-refractivity contribution in [2.24, 2.45) is 11.8 Å². The van der Waals surface area contributed by atoms with Crippen LogP contribution in [0.3, 0.4) is 0 Å². The minimum absolute atomic E-state index is 0.176. The number of imidazole rings is 1. The summed E-state index contributed by atoms with van der Waals surface area (Å²) >= 11 is 0. The summed E-state index contributed by atoms with van der Waals surface area (Å²) in [6.45, 7) is 6.15. The third kappa shape index (κ3) is 4.50. The molecule has 6 heteroatoms. The second-order valence-electron chi connectivity index (χ2n) is 7.34. The Bertz CT molecular complexity index is 776. The van der Waals surface area contributed by atoms with Gasteiger partial charge in [-0.25, -0.2) is 13.4 Å². The number of hydrogen-bond donors (Lipinski definition) is 0. The van der Waals surface area contributed by atoms with Crippen LogP contribution in [0.2, 0.25) is 0 Å². The highest BCUT2D eigenvalue weighted by Crippen LogP contribution is 2.25. The molecule has 5 nitrogen and oxygen atoms in total. The predicted molar refractivity (Wildman–Crippen MR) is 98.7 cm³/mol. The standard InChI is InChI=1S/C19H27N3O2S/c1-16(2)13-21-14-19(20-15-21)25(23,24)22-10-8-18(9-11-22)12-17-6-4-3-5-7-17/h3-7,14-16,18H,8-13H2,1-2H3. The van der Waals surface area contributed by atoms with E-state index in [-0.39, 0.29) is 5.03 Å². The van der Waals surface area contributed by atoms with Crippen molar-refractivity contribution in [3.8, 4) is 0 Å². The predicted octanol–water partition coefficient (Wildman–Crippen LogP) is 3.18. The zero-order valence-corrected chi connectivity index (χ0v) is 15.8. The molecule has 1 aromatic carbocycles. The van der Waals surface area contributed by atoms with Gasteiger partial charge in [0.2, 0.25) is 0 Å². The van der Waals surface area contributed by atoms with Gasteiger partial charge in [0, 0.05) is 25.8 Å². The summed E-state index contributed by atoms with van der Waals surface area (Å²) in [6, 6.07) is 10.4. The Kier molecular flexibility index (Phi) is 5.59. The van der Waals surface area contributed by atoms with Gasteiger partial charge in [0.05, 0.1) is 6.33 Å². The monoisotopic (exact) mass is 361 g/mol. The lowest BCUT2D eigenvalue weighted by Gasteiger charge is -2.30. The first-order valence-corrected chi connectivity index (χ1v) is 10.4. The van der Waals surface area contributed by atoms with Crippen LogP contribution in [0.4, 0.5) is 0 Å². The average molecular weight is 362 g/mol. The van der Waals surface area contributed by atoms with Crippen LogP contribution in [0, 0.1) is 11.8 Å². The van der Waals surface area contributed by atoms with E-state index in [4.69, 9.17) is 0 Å². The van der Waals surface area contributed by atoms with E-state index >= 15 is 0 Å². The highest BCUT2D eigenvalue weighted by molar-refractivity contribution is 7.89. The lowest BCUT2D eigenvalue weighted by molar-refractivity contribution is 0.272. The number of benzene rings is 1. The molecule has 1 aliphatic heterocycles. The van der Waals surface area contributed by atoms with E-state index in [1.807, 2.05) is 10.6 Å². The first-order valence-electron chi connectivity index (χ1n) is 9.01. The van der Waals surface area contributed by atoms with Gasteiger partial charge in [-0.15, -0.1) is 0 Å². The van der Waals surface area contributed by atoms with Gasteiger partial charge >= 0.3 is 0 Å². The van der Waals surface area contributed by atoms with Crippen molar-refractivity contribution in [1.29, 1.82) is 0 Å². The Labute approximate surface area is 150 Å². The Morgan fingerprint density at radius 1 is 1.16 bits per heavy atom. The van der Waals surface area contributed by atoms with E-state index in [9.17, 15) is 8.42 Å². The molecule has 0 N–H and O–H groups in total. The molecule has 136 valence electrons. The van der Waals surface area contributed by atoms with E-state index in [0.29, 0.717) is 24.9 Å². The highest BCUT2D eigenvalue weighted by atomic mass is 32.2. The van der Waals surface area contributed by atoms with Crippen LogP contribution < -0.4 is 0 Å². The zero-order chi connectivity index (χ0) is 17.9. The smallest absolute Gasteiger partial charge is 0.262 e. The minimum Gasteiger partial charge on any atom is -0.336 e. The quantitative estimate of drug-likeness (QED) is 0.794. The van der Waals surface area contributed by atoms with Crippen LogP contribution in [-0.2, 0) is 23.0 Å². The summed E-state index contributed by atoms with van der Waals surface area (Å²) < 4.78 is 29.1. The molecule has 0 unspecified atom stereocenters. The molecule has 0 amide bonds. The number of aromatic nitrogens is 2. The maximum atomic E-state index is 12.8. The second kappa shape index (κ2) is 7.70. The molecule has 2 heterocycles. The van der Waals surface area contributed by atoms with E-state index in [2.05, 4.69) is 43.1 Å². The first-order chi connectivity index (χ1) is 11.9. The molecule has 1 aromatic heterocycles. The fourth-order valence-electron chi connectivity index (χ4n) is 3.43. The molecule has 1 aliphatic rings. The largest absolute Gasteiger partial charge is 0.336 e. The van der Waals surface area contributed by atoms with Gasteiger partial charge in [-0.2, -0.15) is 4.31 Å². The number of rotatable bonds is 6. The Hall–Kier alpha value is -1.66. The number of hydrogen-bond acceptors (Lipinski definition) is 3. The van der Waals surface area contributed by atoms with Crippen LogP contribution in [0.15, 0.2) is 47.9 Å². The van der Waals surface area contributed by atoms with E-state index < -0.39 is 10.0 Å². The third-order valence-electron chi connectivity index (χ3n) is 4.73. The maximum Gasteiger partial charge on any atom is 0.262 e. The SMILES string of the molecule is CC(C)Cn1cnc(S(=O)(=O)N2CCC(Cc3ccccc3)CC2)c1. The topological polar surface area (TPSA) is 55.2 Å². The molecule has 0 saturated carbocycles. The van der Waals surface area contributed by atoms with Gasteiger partial charge in [-0.1, -0.05) is 44.2 Å². The van der Waals surface area contributed by atoms with Gasteiger partial charge in [-0.3, -0.25) is 0 Å². The van der Waals surface area contributed by atoms with Crippen molar-refractivity contribution < 1.29 is 8.42 Å². The molecule has 3 rings (SSSR count). The van der Waals surface area contributed by atoms with Crippen molar-refractivity contribution in [2.75, 3.05) is 13.1 Å². The number of piperidine rings is 1.